The smallest absolute Gasteiger partial charge is 0.136 e. The SMILES string of the molecule is CCCOCCOCCN[C@@H]1CCC2=CC3=CC[C@]4(C)[C@@H](c5ccc6ccncc6c5)CC[C@H]4[C@@]34CC[C@]2(C1)O4.CCCOCCOCCN[C@H]1CCC2=CC3=CC[C@]4(C)[C@@H](c5ccc6ccncc6c5)CC[C@H]4[C@@]34CC[C@]2(C1)O4.C[C@]12CC=C3C=C4CCC(=O)C[C@]45CC[C@]3(O5)[C@@H]1CC[C@@H]2c1ccc2ccncc2c1. The Morgan fingerprint density at radius 3 is 1.17 bits per heavy atom. The van der Waals surface area contributed by atoms with Crippen LogP contribution >= 0.6 is 0 Å². The Morgan fingerprint density at radius 2 is 0.775 bits per heavy atom. The first-order valence-corrected chi connectivity index (χ1v) is 43.8. The molecule has 586 valence electrons. The number of fused-ring (bicyclic) bond motifs is 6. The molecule has 6 bridgehead atoms. The summed E-state index contributed by atoms with van der Waals surface area (Å²) in [4.78, 5) is 25.5. The largest absolute Gasteiger partial charge is 0.379 e. The molecule has 2 N–H and O–H groups in total. The zero-order valence-corrected chi connectivity index (χ0v) is 67.0. The molecular formula is C98H121N5O8. The number of ether oxygens (including phenoxy) is 7. The highest BCUT2D eigenvalue weighted by atomic mass is 16.5. The quantitative estimate of drug-likeness (QED) is 0.0660. The summed E-state index contributed by atoms with van der Waals surface area (Å²) in [7, 11) is 0. The van der Waals surface area contributed by atoms with Gasteiger partial charge in [-0.15, -0.1) is 0 Å². The second kappa shape index (κ2) is 29.7. The van der Waals surface area contributed by atoms with Crippen LogP contribution in [0.4, 0.5) is 0 Å². The van der Waals surface area contributed by atoms with E-state index in [-0.39, 0.29) is 49.9 Å². The first kappa shape index (κ1) is 74.7. The molecule has 9 heterocycles. The van der Waals surface area contributed by atoms with Crippen molar-refractivity contribution in [2.45, 2.75) is 265 Å². The van der Waals surface area contributed by atoms with E-state index in [4.69, 9.17) is 33.2 Å². The number of allylic oxidation sites excluding steroid dienone is 3. The Bertz CT molecular complexity index is 4530. The maximum absolute atomic E-state index is 12.4. The van der Waals surface area contributed by atoms with Crippen molar-refractivity contribution in [3.05, 3.63) is 197 Å². The molecule has 3 aromatic heterocycles. The van der Waals surface area contributed by atoms with Crippen LogP contribution in [0.2, 0.25) is 0 Å². The lowest BCUT2D eigenvalue weighted by atomic mass is 9.58. The van der Waals surface area contributed by atoms with Gasteiger partial charge in [-0.2, -0.15) is 0 Å². The van der Waals surface area contributed by atoms with Gasteiger partial charge >= 0.3 is 0 Å². The van der Waals surface area contributed by atoms with Crippen LogP contribution in [0.25, 0.3) is 32.3 Å². The molecule has 6 aromatic rings. The van der Waals surface area contributed by atoms with E-state index in [1.165, 1.54) is 148 Å². The molecule has 13 nitrogen and oxygen atoms in total. The fourth-order valence-electron chi connectivity index (χ4n) is 26.6. The lowest BCUT2D eigenvalue weighted by Gasteiger charge is -2.54. The van der Waals surface area contributed by atoms with E-state index in [1.54, 1.807) is 11.1 Å². The molecule has 9 fully saturated rings. The summed E-state index contributed by atoms with van der Waals surface area (Å²) in [5, 5.41) is 15.2. The van der Waals surface area contributed by atoms with Crippen LogP contribution in [-0.2, 0) is 38.0 Å². The van der Waals surface area contributed by atoms with Crippen LogP contribution in [0, 0.1) is 34.0 Å². The zero-order valence-electron chi connectivity index (χ0n) is 67.0. The van der Waals surface area contributed by atoms with Gasteiger partial charge in [0.15, 0.2) is 0 Å². The monoisotopic (exact) mass is 1500 g/mol. The minimum atomic E-state index is -0.294. The Hall–Kier alpha value is -6.36. The summed E-state index contributed by atoms with van der Waals surface area (Å²) >= 11 is 0. The van der Waals surface area contributed by atoms with Crippen LogP contribution in [0.3, 0.4) is 0 Å². The van der Waals surface area contributed by atoms with Crippen molar-refractivity contribution >= 4 is 38.1 Å². The number of nitrogens with zero attached hydrogens (tertiary/aromatic N) is 3. The summed E-state index contributed by atoms with van der Waals surface area (Å²) in [5.74, 6) is 3.71. The van der Waals surface area contributed by atoms with E-state index in [2.05, 4.69) is 169 Å². The van der Waals surface area contributed by atoms with Crippen LogP contribution in [0.1, 0.15) is 236 Å². The molecule has 0 unspecified atom stereocenters. The van der Waals surface area contributed by atoms with Crippen LogP contribution in [0.15, 0.2) is 180 Å². The lowest BCUT2D eigenvalue weighted by Crippen LogP contribution is -2.55. The Labute approximate surface area is 659 Å². The third-order valence-electron chi connectivity index (χ3n) is 31.9. The number of benzene rings is 3. The average Bonchev–Trinajstić information content (AvgIpc) is 1.54. The molecular weight excluding hydrogens is 1380 g/mol. The van der Waals surface area contributed by atoms with Crippen LogP contribution < -0.4 is 10.6 Å². The minimum Gasteiger partial charge on any atom is -0.379 e. The van der Waals surface area contributed by atoms with Crippen LogP contribution in [0.5, 0.6) is 0 Å². The van der Waals surface area contributed by atoms with Crippen molar-refractivity contribution in [2.75, 3.05) is 65.9 Å². The van der Waals surface area contributed by atoms with Gasteiger partial charge in [0, 0.05) is 105 Å². The third-order valence-corrected chi connectivity index (χ3v) is 31.9. The normalized spacial score (nSPS) is 37.4. The Kier molecular flexibility index (Phi) is 20.0. The fraction of sp³-hybridized carbons (Fsp3) is 0.592. The molecule has 13 heteroatoms. The topological polar surface area (TPSA) is 144 Å². The molecule has 21 rings (SSSR count). The molecule has 6 spiro atoms. The summed E-state index contributed by atoms with van der Waals surface area (Å²) < 4.78 is 44.7. The van der Waals surface area contributed by atoms with E-state index >= 15 is 0 Å². The van der Waals surface area contributed by atoms with Gasteiger partial charge in [0.2, 0.25) is 0 Å². The first-order valence-electron chi connectivity index (χ1n) is 43.8. The number of nitrogens with one attached hydrogen (secondary N) is 2. The van der Waals surface area contributed by atoms with Crippen molar-refractivity contribution in [1.82, 2.24) is 25.6 Å². The summed E-state index contributed by atoms with van der Waals surface area (Å²) in [6, 6.07) is 28.5. The molecule has 6 aliphatic heterocycles. The second-order valence-corrected chi connectivity index (χ2v) is 37.5. The number of hydrogen-bond donors (Lipinski definition) is 2. The maximum Gasteiger partial charge on any atom is 0.136 e. The number of carbonyl (C=O) groups excluding carboxylic acids is 1. The maximum atomic E-state index is 12.4. The summed E-state index contributed by atoms with van der Waals surface area (Å²) in [5.41, 5.74) is 13.2. The van der Waals surface area contributed by atoms with Gasteiger partial charge in [-0.25, -0.2) is 0 Å². The van der Waals surface area contributed by atoms with E-state index in [9.17, 15) is 4.79 Å². The second-order valence-electron chi connectivity index (χ2n) is 37.5. The average molecular weight is 1500 g/mol. The first-order chi connectivity index (χ1) is 54.1. The number of carbonyl (C=O) groups is 1. The number of ketones is 1. The van der Waals surface area contributed by atoms with Crippen molar-refractivity contribution < 1.29 is 38.0 Å². The van der Waals surface area contributed by atoms with Gasteiger partial charge < -0.3 is 43.8 Å². The highest BCUT2D eigenvalue weighted by Crippen LogP contribution is 2.73. The van der Waals surface area contributed by atoms with Gasteiger partial charge in [0.25, 0.3) is 0 Å². The molecule has 0 radical (unpaired) electrons. The predicted molar refractivity (Wildman–Crippen MR) is 440 cm³/mol. The molecule has 3 saturated heterocycles. The van der Waals surface area contributed by atoms with Gasteiger partial charge in [-0.05, 0) is 309 Å². The fourth-order valence-corrected chi connectivity index (χ4v) is 26.6. The van der Waals surface area contributed by atoms with Gasteiger partial charge in [0.05, 0.1) is 73.2 Å². The molecule has 9 aliphatic carbocycles. The Balaban J connectivity index is 0.000000113. The molecule has 3 aromatic carbocycles. The lowest BCUT2D eigenvalue weighted by molar-refractivity contribution is -0.146. The standard InChI is InChI=1S/2C35H46N2O3.C28H29NO2/c2*1-3-17-38-19-20-39-18-16-37-30-7-6-28-22-29-10-12-33(2)31(26-5-4-25-11-15-36-24-27(25)21-26)8-9-32(33)35(29)14-13-34(28,23-30)40-35;1-26-10-8-22-15-21-4-5-23(30)16-27(21)11-12-28(22,31-27)25(26)7-6-24(26)19-3-2-18-9-13-29-17-20(18)14-19/h2*4-5,10-11,15,21-22,24,30-32,37H,3,6-9,12-14,16-20,23H2,1-2H3;2-3,8-9,13-15,17,24-25H,4-7,10-12,16H2,1H3/t30-,31+,32+,33+,34+,35+;30-,31-,32-,33-,34-,35-;24-,25-,26-,27-,28-/m011/s1. The molecule has 6 saturated carbocycles. The molecule has 15 aliphatic rings. The van der Waals surface area contributed by atoms with Gasteiger partial charge in [0.1, 0.15) is 5.78 Å². The van der Waals surface area contributed by atoms with E-state index in [0.717, 1.165) is 117 Å². The highest BCUT2D eigenvalue weighted by Gasteiger charge is 2.70. The molecule has 111 heavy (non-hydrogen) atoms. The summed E-state index contributed by atoms with van der Waals surface area (Å²) in [6.45, 7) is 19.6. The van der Waals surface area contributed by atoms with Crippen molar-refractivity contribution in [3.8, 4) is 0 Å². The van der Waals surface area contributed by atoms with E-state index < -0.39 is 0 Å². The van der Waals surface area contributed by atoms with E-state index in [1.807, 2.05) is 37.2 Å². The molecule has 0 amide bonds. The third kappa shape index (κ3) is 12.8. The highest BCUT2D eigenvalue weighted by molar-refractivity contribution is 5.85. The van der Waals surface area contributed by atoms with Gasteiger partial charge in [-0.3, -0.25) is 19.7 Å². The van der Waals surface area contributed by atoms with Gasteiger partial charge in [-0.1, -0.05) is 107 Å². The number of pyridine rings is 3. The molecule has 17 atom stereocenters. The Morgan fingerprint density at radius 1 is 0.405 bits per heavy atom. The number of hydrogen-bond acceptors (Lipinski definition) is 13. The minimum absolute atomic E-state index is 0.0763. The summed E-state index contributed by atoms with van der Waals surface area (Å²) in [6.07, 6.45) is 55.7. The van der Waals surface area contributed by atoms with Crippen LogP contribution in [-0.4, -0.2) is 132 Å². The number of Topliss-reactive ketones (excluding diaryl/α,β-unsaturated/α-hetero) is 1. The van der Waals surface area contributed by atoms with E-state index in [0.29, 0.717) is 92.6 Å². The predicted octanol–water partition coefficient (Wildman–Crippen LogP) is 19.8. The van der Waals surface area contributed by atoms with Crippen molar-refractivity contribution in [1.29, 1.82) is 0 Å². The van der Waals surface area contributed by atoms with Crippen molar-refractivity contribution in [2.24, 2.45) is 34.0 Å². The zero-order chi connectivity index (χ0) is 75.3. The number of aromatic nitrogens is 3. The number of rotatable bonds is 21. The van der Waals surface area contributed by atoms with Crippen molar-refractivity contribution in [3.63, 3.8) is 0 Å².